The Morgan fingerprint density at radius 1 is 1.42 bits per heavy atom. The molecule has 0 saturated carbocycles. The second kappa shape index (κ2) is 7.16. The molecule has 0 aromatic carbocycles. The van der Waals surface area contributed by atoms with E-state index in [2.05, 4.69) is 25.0 Å². The lowest BCUT2D eigenvalue weighted by molar-refractivity contribution is 0.0737. The first-order valence-corrected chi connectivity index (χ1v) is 8.80. The van der Waals surface area contributed by atoms with Gasteiger partial charge in [-0.05, 0) is 20.8 Å². The number of amides is 1. The van der Waals surface area contributed by atoms with Crippen LogP contribution in [0.3, 0.4) is 0 Å². The monoisotopic (exact) mass is 373 g/mol. The third-order valence-electron chi connectivity index (χ3n) is 4.10. The van der Waals surface area contributed by atoms with Crippen molar-refractivity contribution in [3.8, 4) is 0 Å². The van der Waals surface area contributed by atoms with Crippen molar-refractivity contribution in [2.24, 2.45) is 0 Å². The lowest BCUT2D eigenvalue weighted by Crippen LogP contribution is -2.34. The predicted octanol–water partition coefficient (Wildman–Crippen LogP) is 1.32. The Hall–Kier alpha value is -2.88. The minimum atomic E-state index is -0.481. The van der Waals surface area contributed by atoms with Crippen LogP contribution in [0.15, 0.2) is 23.6 Å². The highest BCUT2D eigenvalue weighted by Crippen LogP contribution is 2.26. The topological polar surface area (TPSA) is 110 Å². The molecular formula is C16H19N7O2S. The van der Waals surface area contributed by atoms with Gasteiger partial charge in [-0.25, -0.2) is 19.6 Å². The van der Waals surface area contributed by atoms with Gasteiger partial charge in [-0.15, -0.1) is 11.3 Å². The fraction of sp³-hybridized carbons (Fsp3) is 0.375. The molecule has 0 fully saturated rings. The molecule has 9 nitrogen and oxygen atoms in total. The Morgan fingerprint density at radius 2 is 2.19 bits per heavy atom. The fourth-order valence-electron chi connectivity index (χ4n) is 2.61. The first-order valence-electron chi connectivity index (χ1n) is 7.98. The Labute approximate surface area is 153 Å². The minimum Gasteiger partial charge on any atom is -0.333 e. The molecule has 1 N–H and O–H groups in total. The van der Waals surface area contributed by atoms with Crippen LogP contribution >= 0.6 is 11.3 Å². The zero-order chi connectivity index (χ0) is 18.8. The number of aromatic amines is 1. The molecule has 1 unspecified atom stereocenters. The van der Waals surface area contributed by atoms with Gasteiger partial charge in [0.05, 0.1) is 16.7 Å². The fourth-order valence-corrected chi connectivity index (χ4v) is 3.52. The number of nitrogens with zero attached hydrogens (tertiary/aromatic N) is 6. The van der Waals surface area contributed by atoms with Gasteiger partial charge in [0.2, 0.25) is 0 Å². The van der Waals surface area contributed by atoms with Crippen LogP contribution in [0, 0.1) is 13.8 Å². The summed E-state index contributed by atoms with van der Waals surface area (Å²) in [5.74, 6) is 0.00216. The summed E-state index contributed by atoms with van der Waals surface area (Å²) in [6, 6.07) is -0.248. The van der Waals surface area contributed by atoms with Crippen molar-refractivity contribution in [3.05, 3.63) is 56.2 Å². The summed E-state index contributed by atoms with van der Waals surface area (Å²) >= 11 is 1.59. The van der Waals surface area contributed by atoms with E-state index in [9.17, 15) is 9.59 Å². The molecule has 10 heteroatoms. The van der Waals surface area contributed by atoms with Crippen molar-refractivity contribution in [2.45, 2.75) is 33.4 Å². The third-order valence-corrected chi connectivity index (χ3v) is 5.00. The van der Waals surface area contributed by atoms with Crippen molar-refractivity contribution in [3.63, 3.8) is 0 Å². The van der Waals surface area contributed by atoms with Crippen molar-refractivity contribution in [2.75, 3.05) is 7.05 Å². The average molecular weight is 373 g/mol. The van der Waals surface area contributed by atoms with E-state index in [-0.39, 0.29) is 18.2 Å². The molecule has 3 heterocycles. The highest BCUT2D eigenvalue weighted by Gasteiger charge is 2.24. The average Bonchev–Trinajstić information content (AvgIpc) is 3.22. The number of thiazole rings is 1. The van der Waals surface area contributed by atoms with E-state index >= 15 is 0 Å². The number of hydrogen-bond donors (Lipinski definition) is 1. The molecule has 0 aliphatic heterocycles. The standard InChI is InChI=1S/C16H19N7O2S/c1-9(14-10(2)26-11(3)20-14)22(4)16(25)12-5-18-13(21-15(12)24)6-23-8-17-7-19-23/h5,7-9H,6H2,1-4H3,(H,18,21,24). The third kappa shape index (κ3) is 3.54. The van der Waals surface area contributed by atoms with E-state index in [1.165, 1.54) is 28.4 Å². The van der Waals surface area contributed by atoms with Gasteiger partial charge in [-0.1, -0.05) is 0 Å². The summed E-state index contributed by atoms with van der Waals surface area (Å²) in [6.45, 7) is 6.06. The van der Waals surface area contributed by atoms with Crippen LogP contribution in [0.25, 0.3) is 0 Å². The maximum Gasteiger partial charge on any atom is 0.263 e. The Kier molecular flexibility index (Phi) is 4.94. The first kappa shape index (κ1) is 17.9. The van der Waals surface area contributed by atoms with Crippen LogP contribution < -0.4 is 5.56 Å². The van der Waals surface area contributed by atoms with Crippen LogP contribution in [-0.2, 0) is 6.54 Å². The number of aryl methyl sites for hydroxylation is 2. The van der Waals surface area contributed by atoms with E-state index in [1.54, 1.807) is 18.4 Å². The predicted molar refractivity (Wildman–Crippen MR) is 96.1 cm³/mol. The van der Waals surface area contributed by atoms with Crippen molar-refractivity contribution >= 4 is 17.2 Å². The lowest BCUT2D eigenvalue weighted by atomic mass is 10.1. The quantitative estimate of drug-likeness (QED) is 0.722. The zero-order valence-corrected chi connectivity index (χ0v) is 15.7. The largest absolute Gasteiger partial charge is 0.333 e. The van der Waals surface area contributed by atoms with E-state index < -0.39 is 11.5 Å². The first-order chi connectivity index (χ1) is 12.4. The second-order valence-corrected chi connectivity index (χ2v) is 7.34. The molecule has 0 radical (unpaired) electrons. The minimum absolute atomic E-state index is 0.00806. The Balaban J connectivity index is 1.80. The maximum absolute atomic E-state index is 12.7. The van der Waals surface area contributed by atoms with Gasteiger partial charge in [0.15, 0.2) is 0 Å². The van der Waals surface area contributed by atoms with E-state index in [4.69, 9.17) is 0 Å². The number of aromatic nitrogens is 6. The molecule has 3 aromatic rings. The molecular weight excluding hydrogens is 354 g/mol. The van der Waals surface area contributed by atoms with Gasteiger partial charge in [0.25, 0.3) is 11.5 Å². The Morgan fingerprint density at radius 3 is 2.77 bits per heavy atom. The second-order valence-electron chi connectivity index (χ2n) is 5.93. The van der Waals surface area contributed by atoms with Crippen molar-refractivity contribution in [1.82, 2.24) is 34.6 Å². The van der Waals surface area contributed by atoms with Crippen LogP contribution in [0.4, 0.5) is 0 Å². The molecule has 0 bridgehead atoms. The molecule has 1 amide bonds. The number of carbonyl (C=O) groups excluding carboxylic acids is 1. The maximum atomic E-state index is 12.7. The number of H-pyrrole nitrogens is 1. The highest BCUT2D eigenvalue weighted by molar-refractivity contribution is 7.11. The summed E-state index contributed by atoms with van der Waals surface area (Å²) in [5, 5.41) is 4.90. The van der Waals surface area contributed by atoms with Gasteiger partial charge in [0, 0.05) is 18.1 Å². The zero-order valence-electron chi connectivity index (χ0n) is 14.9. The SMILES string of the molecule is Cc1nc(C(C)N(C)C(=O)c2cnc(Cn3cncn3)[nH]c2=O)c(C)s1. The molecule has 0 saturated heterocycles. The molecule has 0 aliphatic carbocycles. The molecule has 3 aromatic heterocycles. The van der Waals surface area contributed by atoms with Gasteiger partial charge < -0.3 is 9.88 Å². The van der Waals surface area contributed by atoms with E-state index in [1.807, 2.05) is 20.8 Å². The molecule has 0 aliphatic rings. The van der Waals surface area contributed by atoms with Gasteiger partial charge in [-0.3, -0.25) is 9.59 Å². The summed E-state index contributed by atoms with van der Waals surface area (Å²) in [5.41, 5.74) is 0.354. The number of carbonyl (C=O) groups is 1. The summed E-state index contributed by atoms with van der Waals surface area (Å²) in [6.07, 6.45) is 4.22. The highest BCUT2D eigenvalue weighted by atomic mass is 32.1. The number of rotatable bonds is 5. The summed E-state index contributed by atoms with van der Waals surface area (Å²) in [7, 11) is 1.66. The van der Waals surface area contributed by atoms with E-state index in [0.29, 0.717) is 5.82 Å². The van der Waals surface area contributed by atoms with Crippen molar-refractivity contribution in [1.29, 1.82) is 0 Å². The number of hydrogen-bond acceptors (Lipinski definition) is 7. The normalized spacial score (nSPS) is 12.2. The summed E-state index contributed by atoms with van der Waals surface area (Å²) in [4.78, 5) is 42.8. The number of nitrogens with one attached hydrogen (secondary N) is 1. The van der Waals surface area contributed by atoms with Crippen LogP contribution in [0.1, 0.15) is 44.7 Å². The van der Waals surface area contributed by atoms with Gasteiger partial charge in [0.1, 0.15) is 30.6 Å². The van der Waals surface area contributed by atoms with Crippen LogP contribution in [-0.4, -0.2) is 47.6 Å². The van der Waals surface area contributed by atoms with Crippen LogP contribution in [0.2, 0.25) is 0 Å². The smallest absolute Gasteiger partial charge is 0.263 e. The van der Waals surface area contributed by atoms with Crippen LogP contribution in [0.5, 0.6) is 0 Å². The van der Waals surface area contributed by atoms with Gasteiger partial charge >= 0.3 is 0 Å². The molecule has 0 spiro atoms. The summed E-state index contributed by atoms with van der Waals surface area (Å²) < 4.78 is 1.53. The van der Waals surface area contributed by atoms with E-state index in [0.717, 1.165) is 15.6 Å². The Bertz CT molecular complexity index is 977. The molecule has 136 valence electrons. The van der Waals surface area contributed by atoms with Crippen molar-refractivity contribution < 1.29 is 4.79 Å². The molecule has 3 rings (SSSR count). The molecule has 1 atom stereocenters. The van der Waals surface area contributed by atoms with Gasteiger partial charge in [-0.2, -0.15) is 5.10 Å². The lowest BCUT2D eigenvalue weighted by Gasteiger charge is -2.24. The molecule has 26 heavy (non-hydrogen) atoms.